The van der Waals surface area contributed by atoms with Gasteiger partial charge in [0.05, 0.1) is 10.7 Å². The molecule has 0 amide bonds. The highest BCUT2D eigenvalue weighted by Gasteiger charge is 2.30. The summed E-state index contributed by atoms with van der Waals surface area (Å²) in [6, 6.07) is 10.0. The van der Waals surface area contributed by atoms with E-state index in [4.69, 9.17) is 11.6 Å². The van der Waals surface area contributed by atoms with Crippen LogP contribution in [-0.4, -0.2) is 18.6 Å². The van der Waals surface area contributed by atoms with E-state index in [9.17, 15) is 9.59 Å². The number of anilines is 1. The smallest absolute Gasteiger partial charge is 0.194 e. The summed E-state index contributed by atoms with van der Waals surface area (Å²) in [4.78, 5) is 24.8. The van der Waals surface area contributed by atoms with Crippen LogP contribution in [0.1, 0.15) is 31.8 Å². The molecule has 0 atom stereocenters. The Balaban J connectivity index is 2.30. The fraction of sp³-hybridized carbons (Fsp3) is 0.0667. The van der Waals surface area contributed by atoms with Gasteiger partial charge in [-0.1, -0.05) is 35.9 Å². The van der Waals surface area contributed by atoms with Crippen LogP contribution in [0.2, 0.25) is 5.02 Å². The fourth-order valence-electron chi connectivity index (χ4n) is 2.31. The minimum Gasteiger partial charge on any atom is -0.387 e. The number of ketones is 2. The molecule has 0 aromatic heterocycles. The van der Waals surface area contributed by atoms with Crippen molar-refractivity contribution in [3.05, 3.63) is 63.7 Å². The molecule has 1 aliphatic rings. The predicted molar refractivity (Wildman–Crippen MR) is 74.3 cm³/mol. The molecule has 2 aromatic rings. The first-order valence-corrected chi connectivity index (χ1v) is 6.21. The number of rotatable bonds is 1. The standard InChI is InChI=1S/C15H10ClNO2/c1-17-13-7-11-10(6-12(13)16)14(18)8-4-2-3-5-9(8)15(11)19/h2-7,17H,1H3. The molecule has 4 heteroatoms. The minimum atomic E-state index is -0.158. The second-order valence-corrected chi connectivity index (χ2v) is 4.74. The molecular weight excluding hydrogens is 262 g/mol. The molecule has 19 heavy (non-hydrogen) atoms. The molecule has 0 saturated carbocycles. The summed E-state index contributed by atoms with van der Waals surface area (Å²) in [5.74, 6) is -0.298. The molecule has 0 unspecified atom stereocenters. The Labute approximate surface area is 115 Å². The van der Waals surface area contributed by atoms with E-state index in [0.29, 0.717) is 33.0 Å². The Morgan fingerprint density at radius 3 is 1.95 bits per heavy atom. The van der Waals surface area contributed by atoms with Crippen molar-refractivity contribution in [3.8, 4) is 0 Å². The van der Waals surface area contributed by atoms with Crippen LogP contribution in [0, 0.1) is 0 Å². The molecule has 0 heterocycles. The third-order valence-corrected chi connectivity index (χ3v) is 3.59. The topological polar surface area (TPSA) is 46.2 Å². The van der Waals surface area contributed by atoms with Gasteiger partial charge in [-0.05, 0) is 12.1 Å². The third-order valence-electron chi connectivity index (χ3n) is 3.28. The lowest BCUT2D eigenvalue weighted by atomic mass is 9.84. The molecule has 0 bridgehead atoms. The van der Waals surface area contributed by atoms with Crippen LogP contribution in [0.4, 0.5) is 5.69 Å². The average molecular weight is 272 g/mol. The van der Waals surface area contributed by atoms with Crippen molar-refractivity contribution in [1.29, 1.82) is 0 Å². The van der Waals surface area contributed by atoms with Gasteiger partial charge in [0, 0.05) is 29.3 Å². The van der Waals surface area contributed by atoms with Crippen molar-refractivity contribution in [2.24, 2.45) is 0 Å². The molecule has 1 aliphatic carbocycles. The van der Waals surface area contributed by atoms with Gasteiger partial charge >= 0.3 is 0 Å². The van der Waals surface area contributed by atoms with Crippen molar-refractivity contribution in [3.63, 3.8) is 0 Å². The van der Waals surface area contributed by atoms with E-state index in [1.807, 2.05) is 0 Å². The first-order chi connectivity index (χ1) is 9.13. The molecule has 3 rings (SSSR count). The highest BCUT2D eigenvalue weighted by atomic mass is 35.5. The van der Waals surface area contributed by atoms with Gasteiger partial charge in [0.25, 0.3) is 0 Å². The summed E-state index contributed by atoms with van der Waals surface area (Å²) in [6.45, 7) is 0. The minimum absolute atomic E-state index is 0.140. The molecule has 94 valence electrons. The summed E-state index contributed by atoms with van der Waals surface area (Å²) < 4.78 is 0. The van der Waals surface area contributed by atoms with Crippen molar-refractivity contribution in [2.75, 3.05) is 12.4 Å². The second-order valence-electron chi connectivity index (χ2n) is 4.33. The maximum atomic E-state index is 12.4. The molecule has 0 radical (unpaired) electrons. The second kappa shape index (κ2) is 4.21. The zero-order valence-corrected chi connectivity index (χ0v) is 10.9. The van der Waals surface area contributed by atoms with Gasteiger partial charge in [0.15, 0.2) is 11.6 Å². The normalized spacial score (nSPS) is 12.9. The molecule has 0 spiro atoms. The Kier molecular flexibility index (Phi) is 2.64. The van der Waals surface area contributed by atoms with E-state index < -0.39 is 0 Å². The van der Waals surface area contributed by atoms with Crippen LogP contribution in [0.5, 0.6) is 0 Å². The molecule has 0 aliphatic heterocycles. The van der Waals surface area contributed by atoms with Crippen LogP contribution in [-0.2, 0) is 0 Å². The Morgan fingerprint density at radius 2 is 1.42 bits per heavy atom. The van der Waals surface area contributed by atoms with E-state index in [1.54, 1.807) is 43.4 Å². The van der Waals surface area contributed by atoms with Gasteiger partial charge in [-0.15, -0.1) is 0 Å². The summed E-state index contributed by atoms with van der Waals surface area (Å²) in [6.07, 6.45) is 0. The van der Waals surface area contributed by atoms with E-state index >= 15 is 0 Å². The van der Waals surface area contributed by atoms with Gasteiger partial charge in [0.1, 0.15) is 0 Å². The number of hydrogen-bond donors (Lipinski definition) is 1. The fourth-order valence-corrected chi connectivity index (χ4v) is 2.57. The summed E-state index contributed by atoms with van der Waals surface area (Å²) in [7, 11) is 1.72. The van der Waals surface area contributed by atoms with Crippen molar-refractivity contribution < 1.29 is 9.59 Å². The summed E-state index contributed by atoms with van der Waals surface area (Å²) in [5, 5.41) is 3.34. The first-order valence-electron chi connectivity index (χ1n) is 5.83. The number of benzene rings is 2. The first kappa shape index (κ1) is 11.9. The molecule has 2 aromatic carbocycles. The SMILES string of the molecule is CNc1cc2c(cc1Cl)C(=O)c1ccccc1C2=O. The zero-order valence-electron chi connectivity index (χ0n) is 10.2. The van der Waals surface area contributed by atoms with Crippen LogP contribution in [0.25, 0.3) is 0 Å². The van der Waals surface area contributed by atoms with Gasteiger partial charge in [-0.3, -0.25) is 9.59 Å². The number of carbonyl (C=O) groups is 2. The summed E-state index contributed by atoms with van der Waals surface area (Å²) >= 11 is 6.08. The van der Waals surface area contributed by atoms with Crippen LogP contribution in [0.15, 0.2) is 36.4 Å². The van der Waals surface area contributed by atoms with E-state index in [2.05, 4.69) is 5.32 Å². The number of nitrogens with one attached hydrogen (secondary N) is 1. The lowest BCUT2D eigenvalue weighted by Crippen LogP contribution is -2.21. The van der Waals surface area contributed by atoms with E-state index in [0.717, 1.165) is 0 Å². The van der Waals surface area contributed by atoms with Crippen LogP contribution in [0.3, 0.4) is 0 Å². The maximum absolute atomic E-state index is 12.4. The molecule has 0 fully saturated rings. The van der Waals surface area contributed by atoms with Crippen molar-refractivity contribution in [1.82, 2.24) is 0 Å². The van der Waals surface area contributed by atoms with E-state index in [-0.39, 0.29) is 11.6 Å². The van der Waals surface area contributed by atoms with Crippen LogP contribution < -0.4 is 5.32 Å². The lowest BCUT2D eigenvalue weighted by Gasteiger charge is -2.18. The van der Waals surface area contributed by atoms with Crippen LogP contribution >= 0.6 is 11.6 Å². The maximum Gasteiger partial charge on any atom is 0.194 e. The number of fused-ring (bicyclic) bond motifs is 2. The van der Waals surface area contributed by atoms with Gasteiger partial charge < -0.3 is 5.32 Å². The van der Waals surface area contributed by atoms with Crippen molar-refractivity contribution >= 4 is 28.9 Å². The zero-order chi connectivity index (χ0) is 13.6. The largest absolute Gasteiger partial charge is 0.387 e. The Bertz CT molecular complexity index is 722. The quantitative estimate of drug-likeness (QED) is 0.739. The van der Waals surface area contributed by atoms with Gasteiger partial charge in [-0.25, -0.2) is 0 Å². The number of hydrogen-bond acceptors (Lipinski definition) is 3. The number of carbonyl (C=O) groups excluding carboxylic acids is 2. The highest BCUT2D eigenvalue weighted by molar-refractivity contribution is 6.35. The monoisotopic (exact) mass is 271 g/mol. The average Bonchev–Trinajstić information content (AvgIpc) is 2.44. The summed E-state index contributed by atoms with van der Waals surface area (Å²) in [5.41, 5.74) is 2.30. The molecular formula is C15H10ClNO2. The van der Waals surface area contributed by atoms with Gasteiger partial charge in [-0.2, -0.15) is 0 Å². The molecule has 0 saturated heterocycles. The predicted octanol–water partition coefficient (Wildman–Crippen LogP) is 3.16. The Morgan fingerprint density at radius 1 is 0.895 bits per heavy atom. The Hall–Kier alpha value is -2.13. The highest BCUT2D eigenvalue weighted by Crippen LogP contribution is 2.33. The van der Waals surface area contributed by atoms with E-state index in [1.165, 1.54) is 0 Å². The van der Waals surface area contributed by atoms with Crippen molar-refractivity contribution in [2.45, 2.75) is 0 Å². The third kappa shape index (κ3) is 1.66. The molecule has 3 nitrogen and oxygen atoms in total. The lowest BCUT2D eigenvalue weighted by molar-refractivity contribution is 0.0979. The van der Waals surface area contributed by atoms with Gasteiger partial charge in [0.2, 0.25) is 0 Å². The number of halogens is 1. The molecule has 1 N–H and O–H groups in total.